The van der Waals surface area contributed by atoms with Crippen LogP contribution >= 0.6 is 0 Å². The van der Waals surface area contributed by atoms with Crippen molar-refractivity contribution in [3.63, 3.8) is 0 Å². The molecule has 1 aromatic rings. The molecular weight excluding hydrogens is 150 g/mol. The molecule has 3 heteroatoms. The summed E-state index contributed by atoms with van der Waals surface area (Å²) in [6.07, 6.45) is 7.80. The van der Waals surface area contributed by atoms with Gasteiger partial charge < -0.3 is 5.32 Å². The molecule has 0 radical (unpaired) electrons. The summed E-state index contributed by atoms with van der Waals surface area (Å²) in [5, 5.41) is 3.35. The Morgan fingerprint density at radius 2 is 2.25 bits per heavy atom. The number of hydrogen-bond donors (Lipinski definition) is 1. The summed E-state index contributed by atoms with van der Waals surface area (Å²) in [4.78, 5) is 7.99. The Hall–Kier alpha value is -0.960. The van der Waals surface area contributed by atoms with Crippen LogP contribution in [0.4, 0.5) is 0 Å². The SMILES string of the molecule is c1ncc(C[C@@H]2CCNC2)cn1. The molecular formula is C9H13N3. The molecule has 1 aliphatic rings. The average Bonchev–Trinajstić information content (AvgIpc) is 2.59. The van der Waals surface area contributed by atoms with Gasteiger partial charge in [-0.15, -0.1) is 0 Å². The Balaban J connectivity index is 1.94. The minimum atomic E-state index is 0.788. The molecule has 64 valence electrons. The maximum absolute atomic E-state index is 4.00. The van der Waals surface area contributed by atoms with Gasteiger partial charge in [-0.2, -0.15) is 0 Å². The Morgan fingerprint density at radius 3 is 2.92 bits per heavy atom. The van der Waals surface area contributed by atoms with Crippen LogP contribution in [0, 0.1) is 5.92 Å². The molecule has 3 nitrogen and oxygen atoms in total. The van der Waals surface area contributed by atoms with E-state index in [0.717, 1.165) is 18.9 Å². The Bertz CT molecular complexity index is 229. The highest BCUT2D eigenvalue weighted by molar-refractivity contribution is 5.04. The van der Waals surface area contributed by atoms with Crippen LogP contribution in [0.25, 0.3) is 0 Å². The fourth-order valence-electron chi connectivity index (χ4n) is 1.66. The summed E-state index contributed by atoms with van der Waals surface area (Å²) in [5.41, 5.74) is 1.26. The smallest absolute Gasteiger partial charge is 0.115 e. The van der Waals surface area contributed by atoms with Gasteiger partial charge in [0.1, 0.15) is 6.33 Å². The van der Waals surface area contributed by atoms with Gasteiger partial charge in [0.05, 0.1) is 0 Å². The van der Waals surface area contributed by atoms with Crippen molar-refractivity contribution in [1.82, 2.24) is 15.3 Å². The second-order valence-corrected chi connectivity index (χ2v) is 3.31. The third kappa shape index (κ3) is 1.80. The molecule has 0 saturated carbocycles. The largest absolute Gasteiger partial charge is 0.316 e. The van der Waals surface area contributed by atoms with Crippen molar-refractivity contribution in [1.29, 1.82) is 0 Å². The Labute approximate surface area is 72.2 Å². The van der Waals surface area contributed by atoms with Crippen molar-refractivity contribution in [2.75, 3.05) is 13.1 Å². The van der Waals surface area contributed by atoms with Crippen LogP contribution < -0.4 is 5.32 Å². The van der Waals surface area contributed by atoms with Gasteiger partial charge in [0.2, 0.25) is 0 Å². The van der Waals surface area contributed by atoms with E-state index in [-0.39, 0.29) is 0 Å². The molecule has 1 saturated heterocycles. The van der Waals surface area contributed by atoms with Crippen LogP contribution in [0.2, 0.25) is 0 Å². The maximum atomic E-state index is 4.00. The Morgan fingerprint density at radius 1 is 1.42 bits per heavy atom. The van der Waals surface area contributed by atoms with E-state index in [0.29, 0.717) is 0 Å². The van der Waals surface area contributed by atoms with Gasteiger partial charge >= 0.3 is 0 Å². The highest BCUT2D eigenvalue weighted by atomic mass is 14.9. The summed E-state index contributed by atoms with van der Waals surface area (Å²) in [6.45, 7) is 2.31. The van der Waals surface area contributed by atoms with Crippen LogP contribution in [0.5, 0.6) is 0 Å². The normalized spacial score (nSPS) is 22.8. The number of rotatable bonds is 2. The van der Waals surface area contributed by atoms with Gasteiger partial charge in [0.25, 0.3) is 0 Å². The predicted octanol–water partition coefficient (Wildman–Crippen LogP) is 0.629. The molecule has 0 amide bonds. The van der Waals surface area contributed by atoms with Crippen LogP contribution in [0.1, 0.15) is 12.0 Å². The molecule has 2 heterocycles. The van der Waals surface area contributed by atoms with E-state index >= 15 is 0 Å². The van der Waals surface area contributed by atoms with Crippen molar-refractivity contribution >= 4 is 0 Å². The van der Waals surface area contributed by atoms with E-state index in [4.69, 9.17) is 0 Å². The lowest BCUT2D eigenvalue weighted by Crippen LogP contribution is -2.10. The van der Waals surface area contributed by atoms with Gasteiger partial charge in [0.15, 0.2) is 0 Å². The zero-order valence-corrected chi connectivity index (χ0v) is 7.03. The van der Waals surface area contributed by atoms with Gasteiger partial charge in [-0.1, -0.05) is 0 Å². The van der Waals surface area contributed by atoms with Gasteiger partial charge in [-0.25, -0.2) is 9.97 Å². The monoisotopic (exact) mass is 163 g/mol. The van der Waals surface area contributed by atoms with E-state index in [9.17, 15) is 0 Å². The predicted molar refractivity (Wildman–Crippen MR) is 46.7 cm³/mol. The fraction of sp³-hybridized carbons (Fsp3) is 0.556. The third-order valence-corrected chi connectivity index (χ3v) is 2.30. The van der Waals surface area contributed by atoms with E-state index in [1.165, 1.54) is 18.5 Å². The Kier molecular flexibility index (Phi) is 2.32. The van der Waals surface area contributed by atoms with Gasteiger partial charge in [-0.3, -0.25) is 0 Å². The standard InChI is InChI=1S/C9H13N3/c1-2-10-4-8(1)3-9-5-11-7-12-6-9/h5-8,10H,1-4H2/t8-/m0/s1. The minimum Gasteiger partial charge on any atom is -0.316 e. The second kappa shape index (κ2) is 3.63. The first kappa shape index (κ1) is 7.68. The zero-order chi connectivity index (χ0) is 8.23. The second-order valence-electron chi connectivity index (χ2n) is 3.31. The van der Waals surface area contributed by atoms with Crippen LogP contribution in [-0.2, 0) is 6.42 Å². The topological polar surface area (TPSA) is 37.8 Å². The van der Waals surface area contributed by atoms with Crippen LogP contribution in [-0.4, -0.2) is 23.1 Å². The maximum Gasteiger partial charge on any atom is 0.115 e. The number of nitrogens with one attached hydrogen (secondary N) is 1. The molecule has 0 unspecified atom stereocenters. The fourth-order valence-corrected chi connectivity index (χ4v) is 1.66. The van der Waals surface area contributed by atoms with Crippen molar-refractivity contribution in [2.24, 2.45) is 5.92 Å². The van der Waals surface area contributed by atoms with Crippen molar-refractivity contribution in [3.05, 3.63) is 24.3 Å². The summed E-state index contributed by atoms with van der Waals surface area (Å²) in [6, 6.07) is 0. The molecule has 0 aromatic carbocycles. The molecule has 1 N–H and O–H groups in total. The third-order valence-electron chi connectivity index (χ3n) is 2.30. The lowest BCUT2D eigenvalue weighted by molar-refractivity contribution is 0.578. The first-order chi connectivity index (χ1) is 5.95. The number of aromatic nitrogens is 2. The summed E-state index contributed by atoms with van der Waals surface area (Å²) in [5.74, 6) is 0.788. The molecule has 0 spiro atoms. The highest BCUT2D eigenvalue weighted by Crippen LogP contribution is 2.13. The van der Waals surface area contributed by atoms with Gasteiger partial charge in [0, 0.05) is 12.4 Å². The molecule has 12 heavy (non-hydrogen) atoms. The quantitative estimate of drug-likeness (QED) is 0.695. The van der Waals surface area contributed by atoms with Crippen molar-refractivity contribution < 1.29 is 0 Å². The molecule has 1 fully saturated rings. The summed E-state index contributed by atoms with van der Waals surface area (Å²) < 4.78 is 0. The minimum absolute atomic E-state index is 0.788. The van der Waals surface area contributed by atoms with Crippen molar-refractivity contribution in [2.45, 2.75) is 12.8 Å². The summed E-state index contributed by atoms with van der Waals surface area (Å²) in [7, 11) is 0. The van der Waals surface area contributed by atoms with Crippen molar-refractivity contribution in [3.8, 4) is 0 Å². The summed E-state index contributed by atoms with van der Waals surface area (Å²) >= 11 is 0. The van der Waals surface area contributed by atoms with Gasteiger partial charge in [-0.05, 0) is 37.4 Å². The van der Waals surface area contributed by atoms with E-state index in [2.05, 4.69) is 15.3 Å². The van der Waals surface area contributed by atoms with Crippen LogP contribution in [0.15, 0.2) is 18.7 Å². The lowest BCUT2D eigenvalue weighted by atomic mass is 10.0. The lowest BCUT2D eigenvalue weighted by Gasteiger charge is -2.05. The zero-order valence-electron chi connectivity index (χ0n) is 7.03. The van der Waals surface area contributed by atoms with E-state index < -0.39 is 0 Å². The molecule has 1 aromatic heterocycles. The molecule has 0 aliphatic carbocycles. The van der Waals surface area contributed by atoms with Crippen LogP contribution in [0.3, 0.4) is 0 Å². The number of nitrogens with zero attached hydrogens (tertiary/aromatic N) is 2. The molecule has 2 rings (SSSR count). The molecule has 1 aliphatic heterocycles. The first-order valence-electron chi connectivity index (χ1n) is 4.40. The highest BCUT2D eigenvalue weighted by Gasteiger charge is 2.14. The van der Waals surface area contributed by atoms with E-state index in [1.54, 1.807) is 6.33 Å². The molecule has 0 bridgehead atoms. The number of hydrogen-bond acceptors (Lipinski definition) is 3. The van der Waals surface area contributed by atoms with E-state index in [1.807, 2.05) is 12.4 Å². The molecule has 1 atom stereocenters. The first-order valence-corrected chi connectivity index (χ1v) is 4.40. The average molecular weight is 163 g/mol.